The van der Waals surface area contributed by atoms with E-state index in [1.165, 1.54) is 18.2 Å². The van der Waals surface area contributed by atoms with Gasteiger partial charge in [-0.05, 0) is 23.3 Å². The number of alkyl halides is 4. The van der Waals surface area contributed by atoms with E-state index >= 15 is 0 Å². The van der Waals surface area contributed by atoms with Gasteiger partial charge in [0.05, 0.1) is 5.56 Å². The second-order valence-corrected chi connectivity index (χ2v) is 4.37. The number of hydrogen-bond acceptors (Lipinski definition) is 0. The molecule has 0 aliphatic carbocycles. The van der Waals surface area contributed by atoms with Gasteiger partial charge < -0.3 is 0 Å². The zero-order valence-corrected chi connectivity index (χ0v) is 10.7. The number of rotatable bonds is 2. The summed E-state index contributed by atoms with van der Waals surface area (Å²) in [4.78, 5) is 0. The molecule has 0 aliphatic rings. The molecule has 2 aromatic carbocycles. The van der Waals surface area contributed by atoms with Crippen molar-refractivity contribution < 1.29 is 22.0 Å². The number of halogens is 6. The molecule has 6 heteroatoms. The van der Waals surface area contributed by atoms with E-state index in [4.69, 9.17) is 11.6 Å². The Balaban J connectivity index is 2.62. The summed E-state index contributed by atoms with van der Waals surface area (Å²) in [5.41, 5.74) is -1.34. The average molecular weight is 307 g/mol. The van der Waals surface area contributed by atoms with Crippen LogP contribution in [0.5, 0.6) is 0 Å². The van der Waals surface area contributed by atoms with Crippen molar-refractivity contribution in [2.45, 2.75) is 12.1 Å². The van der Waals surface area contributed by atoms with Gasteiger partial charge in [-0.25, -0.2) is 8.78 Å². The topological polar surface area (TPSA) is 0 Å². The Labute approximate surface area is 116 Å². The Hall–Kier alpha value is -1.62. The van der Waals surface area contributed by atoms with E-state index in [0.717, 1.165) is 18.2 Å². The van der Waals surface area contributed by atoms with Crippen molar-refractivity contribution in [2.24, 2.45) is 0 Å². The summed E-state index contributed by atoms with van der Waals surface area (Å²) in [6.45, 7) is 0. The van der Waals surface area contributed by atoms with E-state index in [1.807, 2.05) is 0 Å². The smallest absolute Gasteiger partial charge is 0.204 e. The van der Waals surface area contributed by atoms with Crippen molar-refractivity contribution in [1.82, 2.24) is 0 Å². The molecule has 0 N–H and O–H groups in total. The van der Waals surface area contributed by atoms with Gasteiger partial charge in [0.25, 0.3) is 0 Å². The van der Waals surface area contributed by atoms with Crippen LogP contribution in [-0.4, -0.2) is 0 Å². The summed E-state index contributed by atoms with van der Waals surface area (Å²) in [6, 6.07) is 6.57. The second-order valence-electron chi connectivity index (χ2n) is 4.10. The van der Waals surface area contributed by atoms with Crippen LogP contribution in [-0.2, 0) is 12.1 Å². The average Bonchev–Trinajstić information content (AvgIpc) is 2.40. The van der Waals surface area contributed by atoms with E-state index in [-0.39, 0.29) is 22.6 Å². The fourth-order valence-electron chi connectivity index (χ4n) is 1.85. The third-order valence-corrected chi connectivity index (χ3v) is 3.11. The molecular weight excluding hydrogens is 299 g/mol. The van der Waals surface area contributed by atoms with Crippen LogP contribution in [0.25, 0.3) is 11.1 Å². The van der Waals surface area contributed by atoms with Crippen LogP contribution in [0.2, 0.25) is 0 Å². The summed E-state index contributed by atoms with van der Waals surface area (Å²) in [6.07, 6.45) is -4.61. The molecule has 0 saturated carbocycles. The van der Waals surface area contributed by atoms with Crippen LogP contribution >= 0.6 is 11.6 Å². The van der Waals surface area contributed by atoms with E-state index < -0.39 is 23.4 Å². The molecule has 0 amide bonds. The van der Waals surface area contributed by atoms with Gasteiger partial charge in [-0.2, -0.15) is 13.2 Å². The molecule has 0 bridgehead atoms. The molecule has 0 nitrogen and oxygen atoms in total. The molecular formula is C14H8ClF5. The number of hydrogen-bond donors (Lipinski definition) is 0. The molecule has 0 radical (unpaired) electrons. The minimum atomic E-state index is -4.61. The van der Waals surface area contributed by atoms with Crippen molar-refractivity contribution in [3.8, 4) is 11.1 Å². The summed E-state index contributed by atoms with van der Waals surface area (Å²) in [7, 11) is 0. The van der Waals surface area contributed by atoms with Crippen molar-refractivity contribution in [1.29, 1.82) is 0 Å². The minimum Gasteiger partial charge on any atom is -0.204 e. The molecule has 0 aliphatic heterocycles. The molecule has 0 aromatic heterocycles. The Morgan fingerprint density at radius 2 is 1.70 bits per heavy atom. The predicted octanol–water partition coefficient (Wildman–Crippen LogP) is 5.39. The summed E-state index contributed by atoms with van der Waals surface area (Å²) >= 11 is 5.46. The Morgan fingerprint density at radius 3 is 2.30 bits per heavy atom. The van der Waals surface area contributed by atoms with Gasteiger partial charge in [0.2, 0.25) is 0 Å². The van der Waals surface area contributed by atoms with E-state index in [1.54, 1.807) is 0 Å². The molecule has 0 spiro atoms. The lowest BCUT2D eigenvalue weighted by Crippen LogP contribution is -2.08. The van der Waals surface area contributed by atoms with Crippen molar-refractivity contribution >= 4 is 11.6 Å². The first-order valence-corrected chi connectivity index (χ1v) is 6.08. The lowest BCUT2D eigenvalue weighted by Gasteiger charge is -2.13. The number of benzene rings is 2. The zero-order chi connectivity index (χ0) is 14.9. The zero-order valence-electron chi connectivity index (χ0n) is 9.94. The molecule has 0 unspecified atom stereocenters. The summed E-state index contributed by atoms with van der Waals surface area (Å²) in [5, 5.41) is 0. The van der Waals surface area contributed by atoms with E-state index in [0.29, 0.717) is 0 Å². The second kappa shape index (κ2) is 5.40. The molecule has 0 atom stereocenters. The maximum absolute atomic E-state index is 13.6. The highest BCUT2D eigenvalue weighted by molar-refractivity contribution is 6.17. The standard InChI is InChI=1S/C14H8ClF5/c15-7-9-5-4-8(6-11(9)14(18,19)20)10-2-1-3-12(16)13(10)17/h1-6H,7H2. The molecule has 0 fully saturated rings. The quantitative estimate of drug-likeness (QED) is 0.515. The highest BCUT2D eigenvalue weighted by Gasteiger charge is 2.33. The normalized spacial score (nSPS) is 11.7. The van der Waals surface area contributed by atoms with Crippen LogP contribution < -0.4 is 0 Å². The fraction of sp³-hybridized carbons (Fsp3) is 0.143. The maximum atomic E-state index is 13.6. The molecule has 2 aromatic rings. The van der Waals surface area contributed by atoms with Crippen molar-refractivity contribution in [3.05, 3.63) is 59.2 Å². The lowest BCUT2D eigenvalue weighted by molar-refractivity contribution is -0.138. The van der Waals surface area contributed by atoms with Gasteiger partial charge in [-0.3, -0.25) is 0 Å². The molecule has 2 rings (SSSR count). The molecule has 0 saturated heterocycles. The van der Waals surface area contributed by atoms with Gasteiger partial charge in [-0.1, -0.05) is 24.3 Å². The fourth-order valence-corrected chi connectivity index (χ4v) is 2.08. The van der Waals surface area contributed by atoms with E-state index in [9.17, 15) is 22.0 Å². The first kappa shape index (κ1) is 14.8. The molecule has 0 heterocycles. The van der Waals surface area contributed by atoms with Crippen LogP contribution in [0.15, 0.2) is 36.4 Å². The first-order valence-electron chi connectivity index (χ1n) is 5.55. The molecule has 20 heavy (non-hydrogen) atoms. The third kappa shape index (κ3) is 2.77. The summed E-state index contributed by atoms with van der Waals surface area (Å²) < 4.78 is 65.4. The van der Waals surface area contributed by atoms with E-state index in [2.05, 4.69) is 0 Å². The Morgan fingerprint density at radius 1 is 1.00 bits per heavy atom. The van der Waals surface area contributed by atoms with Gasteiger partial charge in [0.1, 0.15) is 0 Å². The van der Waals surface area contributed by atoms with Crippen LogP contribution in [0.3, 0.4) is 0 Å². The minimum absolute atomic E-state index is 0.0526. The van der Waals surface area contributed by atoms with Crippen LogP contribution in [0, 0.1) is 11.6 Å². The summed E-state index contributed by atoms with van der Waals surface area (Å²) in [5.74, 6) is -2.61. The van der Waals surface area contributed by atoms with Crippen molar-refractivity contribution in [2.75, 3.05) is 0 Å². The van der Waals surface area contributed by atoms with Gasteiger partial charge in [0.15, 0.2) is 11.6 Å². The monoisotopic (exact) mass is 306 g/mol. The third-order valence-electron chi connectivity index (χ3n) is 2.82. The highest BCUT2D eigenvalue weighted by Crippen LogP contribution is 2.36. The van der Waals surface area contributed by atoms with Gasteiger partial charge >= 0.3 is 6.18 Å². The predicted molar refractivity (Wildman–Crippen MR) is 66.4 cm³/mol. The molecule has 106 valence electrons. The first-order chi connectivity index (χ1) is 9.34. The van der Waals surface area contributed by atoms with Crippen molar-refractivity contribution in [3.63, 3.8) is 0 Å². The SMILES string of the molecule is Fc1cccc(-c2ccc(CCl)c(C(F)(F)F)c2)c1F. The van der Waals surface area contributed by atoms with Crippen LogP contribution in [0.1, 0.15) is 11.1 Å². The largest absolute Gasteiger partial charge is 0.416 e. The van der Waals surface area contributed by atoms with Gasteiger partial charge in [0, 0.05) is 11.4 Å². The lowest BCUT2D eigenvalue weighted by atomic mass is 9.99. The Kier molecular flexibility index (Phi) is 3.99. The van der Waals surface area contributed by atoms with Crippen LogP contribution in [0.4, 0.5) is 22.0 Å². The van der Waals surface area contributed by atoms with Gasteiger partial charge in [-0.15, -0.1) is 11.6 Å². The Bertz CT molecular complexity index is 634. The maximum Gasteiger partial charge on any atom is 0.416 e. The highest BCUT2D eigenvalue weighted by atomic mass is 35.5.